The number of fused-ring (bicyclic) bond motifs is 2. The van der Waals surface area contributed by atoms with Crippen LogP contribution in [-0.4, -0.2) is 55.1 Å². The predicted octanol–water partition coefficient (Wildman–Crippen LogP) is 5.80. The van der Waals surface area contributed by atoms with Crippen LogP contribution in [-0.2, 0) is 6.42 Å². The number of hydrogen-bond donors (Lipinski definition) is 2. The highest BCUT2D eigenvalue weighted by molar-refractivity contribution is 7.20. The highest BCUT2D eigenvalue weighted by Crippen LogP contribution is 2.33. The molecular formula is C28H33FN4OS. The minimum Gasteiger partial charge on any atom is -0.369 e. The molecule has 0 bridgehead atoms. The van der Waals surface area contributed by atoms with Gasteiger partial charge in [-0.3, -0.25) is 4.79 Å². The van der Waals surface area contributed by atoms with Gasteiger partial charge in [-0.1, -0.05) is 38.0 Å². The number of amides is 1. The third kappa shape index (κ3) is 5.21. The van der Waals surface area contributed by atoms with Crippen LogP contribution < -0.4 is 10.2 Å². The standard InChI is InChI=1S/C28H33FN4OS/c1-3-4-7-20(14-19-18-30-25-9-6-5-8-22(19)25)31-28(34)27-17-23-24(29)15-21(16-26(23)35-27)33-12-10-32(2)11-13-33/h5-6,8-9,15-18,20,30H,3-4,7,10-14H2,1-2H3,(H,31,34). The number of benzene rings is 2. The average Bonchev–Trinajstić information content (AvgIpc) is 3.48. The van der Waals surface area contributed by atoms with Crippen LogP contribution in [0.3, 0.4) is 0 Å². The van der Waals surface area contributed by atoms with E-state index in [1.54, 1.807) is 12.1 Å². The normalized spacial score (nSPS) is 15.7. The summed E-state index contributed by atoms with van der Waals surface area (Å²) in [7, 11) is 2.11. The zero-order valence-corrected chi connectivity index (χ0v) is 21.3. The summed E-state index contributed by atoms with van der Waals surface area (Å²) in [6.45, 7) is 5.86. The molecule has 1 atom stereocenters. The summed E-state index contributed by atoms with van der Waals surface area (Å²) in [5, 5.41) is 4.98. The molecule has 0 aliphatic carbocycles. The number of thiophene rings is 1. The van der Waals surface area contributed by atoms with Gasteiger partial charge in [-0.25, -0.2) is 4.39 Å². The molecule has 0 saturated carbocycles. The molecule has 2 N–H and O–H groups in total. The smallest absolute Gasteiger partial charge is 0.261 e. The fourth-order valence-corrected chi connectivity index (χ4v) is 5.95. The van der Waals surface area contributed by atoms with Gasteiger partial charge in [0, 0.05) is 65.1 Å². The van der Waals surface area contributed by atoms with E-state index < -0.39 is 0 Å². The van der Waals surface area contributed by atoms with Crippen molar-refractivity contribution in [1.29, 1.82) is 0 Å². The topological polar surface area (TPSA) is 51.4 Å². The number of rotatable bonds is 8. The largest absolute Gasteiger partial charge is 0.369 e. The first-order valence-corrected chi connectivity index (χ1v) is 13.4. The number of para-hydroxylation sites is 1. The Morgan fingerprint density at radius 2 is 1.94 bits per heavy atom. The number of nitrogens with zero attached hydrogens (tertiary/aromatic N) is 2. The van der Waals surface area contributed by atoms with Crippen molar-refractivity contribution in [2.75, 3.05) is 38.1 Å². The molecule has 1 saturated heterocycles. The van der Waals surface area contributed by atoms with Crippen LogP contribution in [0.2, 0.25) is 0 Å². The van der Waals surface area contributed by atoms with Gasteiger partial charge in [-0.05, 0) is 49.7 Å². The first-order valence-electron chi connectivity index (χ1n) is 12.5. The van der Waals surface area contributed by atoms with Crippen LogP contribution >= 0.6 is 11.3 Å². The van der Waals surface area contributed by atoms with Crippen molar-refractivity contribution in [2.45, 2.75) is 38.6 Å². The van der Waals surface area contributed by atoms with Gasteiger partial charge in [0.05, 0.1) is 4.88 Å². The maximum Gasteiger partial charge on any atom is 0.261 e. The Balaban J connectivity index is 1.35. The number of anilines is 1. The zero-order valence-electron chi connectivity index (χ0n) is 20.4. The summed E-state index contributed by atoms with van der Waals surface area (Å²) in [4.78, 5) is 21.7. The molecule has 0 spiro atoms. The number of aromatic amines is 1. The monoisotopic (exact) mass is 492 g/mol. The van der Waals surface area contributed by atoms with Crippen molar-refractivity contribution in [3.05, 3.63) is 64.9 Å². The van der Waals surface area contributed by atoms with Gasteiger partial charge < -0.3 is 20.1 Å². The van der Waals surface area contributed by atoms with Crippen LogP contribution in [0.15, 0.2) is 48.7 Å². The molecule has 35 heavy (non-hydrogen) atoms. The van der Waals surface area contributed by atoms with Crippen molar-refractivity contribution >= 4 is 43.9 Å². The van der Waals surface area contributed by atoms with Gasteiger partial charge in [0.15, 0.2) is 0 Å². The first-order chi connectivity index (χ1) is 17.0. The molecule has 1 aliphatic heterocycles. The van der Waals surface area contributed by atoms with Crippen molar-refractivity contribution in [1.82, 2.24) is 15.2 Å². The molecule has 2 aromatic heterocycles. The Bertz CT molecular complexity index is 1320. The molecule has 2 aromatic carbocycles. The number of carbonyl (C=O) groups is 1. The molecule has 1 fully saturated rings. The number of likely N-dealkylation sites (N-methyl/N-ethyl adjacent to an activating group) is 1. The van der Waals surface area contributed by atoms with Crippen LogP contribution in [0.25, 0.3) is 21.0 Å². The number of carbonyl (C=O) groups excluding carboxylic acids is 1. The van der Waals surface area contributed by atoms with Gasteiger partial charge in [-0.15, -0.1) is 11.3 Å². The summed E-state index contributed by atoms with van der Waals surface area (Å²) >= 11 is 1.38. The quantitative estimate of drug-likeness (QED) is 0.327. The molecule has 3 heterocycles. The summed E-state index contributed by atoms with van der Waals surface area (Å²) in [6.07, 6.45) is 5.84. The summed E-state index contributed by atoms with van der Waals surface area (Å²) in [5.74, 6) is -0.374. The minimum absolute atomic E-state index is 0.0256. The molecule has 1 aliphatic rings. The molecule has 7 heteroatoms. The first kappa shape index (κ1) is 23.8. The SMILES string of the molecule is CCCCC(Cc1c[nH]c2ccccc12)NC(=O)c1cc2c(F)cc(N3CCN(C)CC3)cc2s1. The van der Waals surface area contributed by atoms with E-state index in [0.29, 0.717) is 10.3 Å². The van der Waals surface area contributed by atoms with Crippen LogP contribution in [0.4, 0.5) is 10.1 Å². The van der Waals surface area contributed by atoms with E-state index in [0.717, 1.165) is 67.8 Å². The van der Waals surface area contributed by atoms with Crippen molar-refractivity contribution in [2.24, 2.45) is 0 Å². The molecule has 184 valence electrons. The third-order valence-corrected chi connectivity index (χ3v) is 8.13. The van der Waals surface area contributed by atoms with Crippen LogP contribution in [0, 0.1) is 5.82 Å². The molecule has 5 rings (SSSR count). The van der Waals surface area contributed by atoms with E-state index in [4.69, 9.17) is 0 Å². The van der Waals surface area contributed by atoms with Crippen LogP contribution in [0.1, 0.15) is 41.4 Å². The molecule has 1 unspecified atom stereocenters. The number of halogens is 1. The highest BCUT2D eigenvalue weighted by Gasteiger charge is 2.21. The lowest BCUT2D eigenvalue weighted by Crippen LogP contribution is -2.44. The summed E-state index contributed by atoms with van der Waals surface area (Å²) in [5.41, 5.74) is 3.22. The average molecular weight is 493 g/mol. The van der Waals surface area contributed by atoms with E-state index >= 15 is 4.39 Å². The van der Waals surface area contributed by atoms with Gasteiger partial charge in [-0.2, -0.15) is 0 Å². The second-order valence-corrected chi connectivity index (χ2v) is 10.7. The molecule has 0 radical (unpaired) electrons. The Labute approximate surface area is 209 Å². The second-order valence-electron chi connectivity index (χ2n) is 9.62. The lowest BCUT2D eigenvalue weighted by molar-refractivity contribution is 0.0938. The Morgan fingerprint density at radius 1 is 1.14 bits per heavy atom. The van der Waals surface area contributed by atoms with Gasteiger partial charge in [0.2, 0.25) is 0 Å². The van der Waals surface area contributed by atoms with E-state index in [9.17, 15) is 4.79 Å². The predicted molar refractivity (Wildman–Crippen MR) is 144 cm³/mol. The van der Waals surface area contributed by atoms with Crippen LogP contribution in [0.5, 0.6) is 0 Å². The fourth-order valence-electron chi connectivity index (χ4n) is 4.94. The molecule has 1 amide bonds. The highest BCUT2D eigenvalue weighted by atomic mass is 32.1. The number of H-pyrrole nitrogens is 1. The number of aromatic nitrogens is 1. The van der Waals surface area contributed by atoms with Gasteiger partial charge in [0.25, 0.3) is 5.91 Å². The van der Waals surface area contributed by atoms with Gasteiger partial charge >= 0.3 is 0 Å². The van der Waals surface area contributed by atoms with Crippen molar-refractivity contribution < 1.29 is 9.18 Å². The fraction of sp³-hybridized carbons (Fsp3) is 0.393. The number of unbranched alkanes of at least 4 members (excludes halogenated alkanes) is 1. The maximum absolute atomic E-state index is 15.0. The van der Waals surface area contributed by atoms with E-state index in [1.165, 1.54) is 22.3 Å². The van der Waals surface area contributed by atoms with E-state index in [2.05, 4.69) is 46.2 Å². The maximum atomic E-state index is 15.0. The lowest BCUT2D eigenvalue weighted by atomic mass is 10.0. The third-order valence-electron chi connectivity index (χ3n) is 7.05. The van der Waals surface area contributed by atoms with E-state index in [-0.39, 0.29) is 17.8 Å². The zero-order chi connectivity index (χ0) is 24.4. The Kier molecular flexibility index (Phi) is 7.07. The molecule has 5 nitrogen and oxygen atoms in total. The number of hydrogen-bond acceptors (Lipinski definition) is 4. The number of piperazine rings is 1. The van der Waals surface area contributed by atoms with Crippen molar-refractivity contribution in [3.8, 4) is 0 Å². The minimum atomic E-state index is -0.256. The Morgan fingerprint density at radius 3 is 2.74 bits per heavy atom. The summed E-state index contributed by atoms with van der Waals surface area (Å²) < 4.78 is 15.8. The second kappa shape index (κ2) is 10.4. The van der Waals surface area contributed by atoms with E-state index in [1.807, 2.05) is 24.4 Å². The number of nitrogens with one attached hydrogen (secondary N) is 2. The molecular weight excluding hydrogens is 459 g/mol. The Hall–Kier alpha value is -2.90. The lowest BCUT2D eigenvalue weighted by Gasteiger charge is -2.34. The molecule has 4 aromatic rings. The summed E-state index contributed by atoms with van der Waals surface area (Å²) in [6, 6.07) is 13.6. The van der Waals surface area contributed by atoms with Crippen molar-refractivity contribution in [3.63, 3.8) is 0 Å². The van der Waals surface area contributed by atoms with Gasteiger partial charge in [0.1, 0.15) is 5.82 Å².